The fraction of sp³-hybridized carbons (Fsp3) is 0.368. The molecule has 1 saturated heterocycles. The van der Waals surface area contributed by atoms with Crippen molar-refractivity contribution in [2.45, 2.75) is 32.2 Å². The van der Waals surface area contributed by atoms with Crippen LogP contribution in [-0.4, -0.2) is 34.0 Å². The molecule has 1 aliphatic rings. The van der Waals surface area contributed by atoms with Crippen LogP contribution in [0.1, 0.15) is 46.1 Å². The number of aromatic hydroxyl groups is 1. The Bertz CT molecular complexity index is 720. The molecule has 0 aliphatic carbocycles. The van der Waals surface area contributed by atoms with Gasteiger partial charge in [0.1, 0.15) is 5.75 Å². The molecule has 1 aromatic carbocycles. The molecule has 2 aromatic rings. The molecule has 0 radical (unpaired) electrons. The maximum absolute atomic E-state index is 12.7. The Morgan fingerprint density at radius 2 is 1.88 bits per heavy atom. The molecule has 0 unspecified atom stereocenters. The van der Waals surface area contributed by atoms with Gasteiger partial charge in [0.05, 0.1) is 17.0 Å². The van der Waals surface area contributed by atoms with Crippen molar-refractivity contribution in [3.05, 3.63) is 58.9 Å². The molecule has 0 saturated carbocycles. The summed E-state index contributed by atoms with van der Waals surface area (Å²) in [5.74, 6) is 0.775. The standard InChI is InChI=1S/C19H23N3O2/c1-13-18(7-4-16(12-20)21-13)19(24)22-10-8-15(9-11-22)14-2-5-17(23)6-3-14/h2-7,15,23H,8-12,20H2,1H3. The summed E-state index contributed by atoms with van der Waals surface area (Å²) in [4.78, 5) is 19.0. The normalized spacial score (nSPS) is 15.5. The molecule has 1 aromatic heterocycles. The highest BCUT2D eigenvalue weighted by Gasteiger charge is 2.25. The van der Waals surface area contributed by atoms with E-state index in [1.165, 1.54) is 5.56 Å². The quantitative estimate of drug-likeness (QED) is 0.909. The third-order valence-electron chi connectivity index (χ3n) is 4.73. The zero-order valence-corrected chi connectivity index (χ0v) is 13.9. The van der Waals surface area contributed by atoms with E-state index in [1.807, 2.05) is 36.1 Å². The van der Waals surface area contributed by atoms with E-state index in [4.69, 9.17) is 5.73 Å². The van der Waals surface area contributed by atoms with E-state index in [2.05, 4.69) is 4.98 Å². The van der Waals surface area contributed by atoms with Crippen LogP contribution >= 0.6 is 0 Å². The Kier molecular flexibility index (Phi) is 4.81. The first-order chi connectivity index (χ1) is 11.6. The maximum atomic E-state index is 12.7. The smallest absolute Gasteiger partial charge is 0.255 e. The van der Waals surface area contributed by atoms with Gasteiger partial charge in [0, 0.05) is 19.6 Å². The number of nitrogens with two attached hydrogens (primary N) is 1. The predicted molar refractivity (Wildman–Crippen MR) is 92.9 cm³/mol. The summed E-state index contributed by atoms with van der Waals surface area (Å²) >= 11 is 0. The number of hydrogen-bond donors (Lipinski definition) is 2. The van der Waals surface area contributed by atoms with Gasteiger partial charge in [-0.2, -0.15) is 0 Å². The first-order valence-electron chi connectivity index (χ1n) is 8.33. The van der Waals surface area contributed by atoms with Crippen LogP contribution in [0.3, 0.4) is 0 Å². The average molecular weight is 325 g/mol. The van der Waals surface area contributed by atoms with Gasteiger partial charge in [0.15, 0.2) is 0 Å². The second-order valence-corrected chi connectivity index (χ2v) is 6.30. The zero-order valence-electron chi connectivity index (χ0n) is 13.9. The van der Waals surface area contributed by atoms with Crippen molar-refractivity contribution < 1.29 is 9.90 Å². The van der Waals surface area contributed by atoms with Crippen molar-refractivity contribution >= 4 is 5.91 Å². The summed E-state index contributed by atoms with van der Waals surface area (Å²) in [7, 11) is 0. The number of piperidine rings is 1. The van der Waals surface area contributed by atoms with Gasteiger partial charge in [-0.25, -0.2) is 0 Å². The summed E-state index contributed by atoms with van der Waals surface area (Å²) in [6, 6.07) is 11.0. The van der Waals surface area contributed by atoms with E-state index in [-0.39, 0.29) is 11.7 Å². The summed E-state index contributed by atoms with van der Waals surface area (Å²) in [6.45, 7) is 3.72. The first-order valence-corrected chi connectivity index (χ1v) is 8.33. The van der Waals surface area contributed by atoms with Gasteiger partial charge >= 0.3 is 0 Å². The molecule has 5 nitrogen and oxygen atoms in total. The first kappa shape index (κ1) is 16.5. The Morgan fingerprint density at radius 3 is 2.46 bits per heavy atom. The molecule has 2 heterocycles. The van der Waals surface area contributed by atoms with E-state index in [0.717, 1.165) is 37.3 Å². The number of phenols is 1. The maximum Gasteiger partial charge on any atom is 0.255 e. The van der Waals surface area contributed by atoms with E-state index < -0.39 is 0 Å². The third-order valence-corrected chi connectivity index (χ3v) is 4.73. The van der Waals surface area contributed by atoms with Crippen molar-refractivity contribution in [1.82, 2.24) is 9.88 Å². The lowest BCUT2D eigenvalue weighted by molar-refractivity contribution is 0.0711. The number of benzene rings is 1. The Labute approximate surface area is 142 Å². The highest BCUT2D eigenvalue weighted by Crippen LogP contribution is 2.29. The number of phenolic OH excluding ortho intramolecular Hbond substituents is 1. The van der Waals surface area contributed by atoms with Crippen LogP contribution in [0.15, 0.2) is 36.4 Å². The van der Waals surface area contributed by atoms with Gasteiger partial charge in [-0.15, -0.1) is 0 Å². The summed E-state index contributed by atoms with van der Waals surface area (Å²) in [5, 5.41) is 9.39. The molecule has 126 valence electrons. The molecule has 0 spiro atoms. The van der Waals surface area contributed by atoms with Gasteiger partial charge in [-0.3, -0.25) is 9.78 Å². The number of hydrogen-bond acceptors (Lipinski definition) is 4. The third kappa shape index (κ3) is 3.41. The lowest BCUT2D eigenvalue weighted by Crippen LogP contribution is -2.38. The molecule has 0 atom stereocenters. The molecular weight excluding hydrogens is 302 g/mol. The lowest BCUT2D eigenvalue weighted by atomic mass is 9.89. The molecule has 3 rings (SSSR count). The van der Waals surface area contributed by atoms with Crippen LogP contribution in [0.25, 0.3) is 0 Å². The van der Waals surface area contributed by atoms with Gasteiger partial charge in [0.25, 0.3) is 5.91 Å². The largest absolute Gasteiger partial charge is 0.508 e. The minimum atomic E-state index is 0.0488. The van der Waals surface area contributed by atoms with Gasteiger partial charge in [-0.1, -0.05) is 12.1 Å². The second-order valence-electron chi connectivity index (χ2n) is 6.30. The number of pyridine rings is 1. The van der Waals surface area contributed by atoms with Crippen LogP contribution in [0, 0.1) is 6.92 Å². The zero-order chi connectivity index (χ0) is 17.1. The number of amides is 1. The van der Waals surface area contributed by atoms with Crippen LogP contribution < -0.4 is 5.73 Å². The molecule has 1 amide bonds. The number of aromatic nitrogens is 1. The number of carbonyl (C=O) groups excluding carboxylic acids is 1. The fourth-order valence-corrected chi connectivity index (χ4v) is 3.29. The minimum Gasteiger partial charge on any atom is -0.508 e. The number of rotatable bonds is 3. The summed E-state index contributed by atoms with van der Waals surface area (Å²) in [5.41, 5.74) is 9.02. The molecule has 5 heteroatoms. The Balaban J connectivity index is 1.66. The van der Waals surface area contributed by atoms with Crippen LogP contribution in [-0.2, 0) is 6.54 Å². The van der Waals surface area contributed by atoms with E-state index >= 15 is 0 Å². The predicted octanol–water partition coefficient (Wildman–Crippen LogP) is 2.57. The Hall–Kier alpha value is -2.40. The van der Waals surface area contributed by atoms with Crippen LogP contribution in [0.5, 0.6) is 5.75 Å². The van der Waals surface area contributed by atoms with Crippen LogP contribution in [0.2, 0.25) is 0 Å². The van der Waals surface area contributed by atoms with Crippen LogP contribution in [0.4, 0.5) is 0 Å². The number of likely N-dealkylation sites (tertiary alicyclic amines) is 1. The molecule has 3 N–H and O–H groups in total. The molecule has 0 bridgehead atoms. The van der Waals surface area contributed by atoms with E-state index in [9.17, 15) is 9.90 Å². The monoisotopic (exact) mass is 325 g/mol. The molecule has 1 fully saturated rings. The van der Waals surface area contributed by atoms with Gasteiger partial charge in [0.2, 0.25) is 0 Å². The Morgan fingerprint density at radius 1 is 1.21 bits per heavy atom. The van der Waals surface area contributed by atoms with Crippen molar-refractivity contribution in [3.8, 4) is 5.75 Å². The number of carbonyl (C=O) groups is 1. The van der Waals surface area contributed by atoms with Crippen molar-refractivity contribution in [2.75, 3.05) is 13.1 Å². The second kappa shape index (κ2) is 7.01. The topological polar surface area (TPSA) is 79.5 Å². The minimum absolute atomic E-state index is 0.0488. The van der Waals surface area contributed by atoms with Gasteiger partial charge < -0.3 is 15.7 Å². The lowest BCUT2D eigenvalue weighted by Gasteiger charge is -2.32. The summed E-state index contributed by atoms with van der Waals surface area (Å²) < 4.78 is 0. The number of nitrogens with zero attached hydrogens (tertiary/aromatic N) is 2. The SMILES string of the molecule is Cc1nc(CN)ccc1C(=O)N1CCC(c2ccc(O)cc2)CC1. The fourth-order valence-electron chi connectivity index (χ4n) is 3.29. The van der Waals surface area contributed by atoms with E-state index in [0.29, 0.717) is 18.0 Å². The van der Waals surface area contributed by atoms with Crippen molar-refractivity contribution in [3.63, 3.8) is 0 Å². The van der Waals surface area contributed by atoms with E-state index in [1.54, 1.807) is 12.1 Å². The number of aryl methyl sites for hydroxylation is 1. The van der Waals surface area contributed by atoms with Crippen molar-refractivity contribution in [2.24, 2.45) is 5.73 Å². The molecule has 1 aliphatic heterocycles. The highest BCUT2D eigenvalue weighted by molar-refractivity contribution is 5.95. The van der Waals surface area contributed by atoms with Gasteiger partial charge in [-0.05, 0) is 55.5 Å². The molecule has 24 heavy (non-hydrogen) atoms. The molecular formula is C19H23N3O2. The summed E-state index contributed by atoms with van der Waals surface area (Å²) in [6.07, 6.45) is 1.87. The van der Waals surface area contributed by atoms with Crippen molar-refractivity contribution in [1.29, 1.82) is 0 Å². The average Bonchev–Trinajstić information content (AvgIpc) is 2.62. The highest BCUT2D eigenvalue weighted by atomic mass is 16.3.